The zero-order chi connectivity index (χ0) is 22.4. The second kappa shape index (κ2) is 10.1. The molecule has 0 atom stereocenters. The van der Waals surface area contributed by atoms with E-state index in [2.05, 4.69) is 20.0 Å². The van der Waals surface area contributed by atoms with Crippen molar-refractivity contribution in [2.24, 2.45) is 5.92 Å². The van der Waals surface area contributed by atoms with Gasteiger partial charge in [0.2, 0.25) is 10.0 Å². The van der Waals surface area contributed by atoms with E-state index >= 15 is 0 Å². The Labute approximate surface area is 187 Å². The van der Waals surface area contributed by atoms with Gasteiger partial charge >= 0.3 is 0 Å². The van der Waals surface area contributed by atoms with Crippen molar-refractivity contribution in [1.82, 2.24) is 14.7 Å². The van der Waals surface area contributed by atoms with Gasteiger partial charge in [-0.05, 0) is 48.9 Å². The van der Waals surface area contributed by atoms with Crippen LogP contribution in [0.15, 0.2) is 59.8 Å². The molecule has 0 aliphatic rings. The minimum Gasteiger partial charge on any atom is -0.491 e. The molecule has 1 heterocycles. The fourth-order valence-electron chi connectivity index (χ4n) is 2.79. The number of sulfonamides is 1. The summed E-state index contributed by atoms with van der Waals surface area (Å²) in [6.45, 7) is 4.58. The Morgan fingerprint density at radius 3 is 2.48 bits per heavy atom. The Kier molecular flexibility index (Phi) is 7.48. The highest BCUT2D eigenvalue weighted by molar-refractivity contribution is 7.89. The third kappa shape index (κ3) is 6.40. The number of aromatic nitrogens is 2. The lowest BCUT2D eigenvalue weighted by Gasteiger charge is -2.16. The zero-order valence-electron chi connectivity index (χ0n) is 17.6. The molecule has 3 aromatic rings. The SMILES string of the molecule is CNS(=O)(=O)c1ccc(OCC(C)C)c(Nc2cc(Cc3ccc(Cl)cc3)ncn2)c1. The van der Waals surface area contributed by atoms with E-state index in [1.807, 2.05) is 44.2 Å². The normalized spacial score (nSPS) is 11.5. The van der Waals surface area contributed by atoms with E-state index < -0.39 is 10.0 Å². The van der Waals surface area contributed by atoms with Crippen LogP contribution < -0.4 is 14.8 Å². The summed E-state index contributed by atoms with van der Waals surface area (Å²) in [5.41, 5.74) is 2.38. The molecule has 1 aromatic heterocycles. The van der Waals surface area contributed by atoms with Gasteiger partial charge in [0, 0.05) is 17.5 Å². The molecule has 0 aliphatic carbocycles. The largest absolute Gasteiger partial charge is 0.491 e. The standard InChI is InChI=1S/C22H25ClN4O3S/c1-15(2)13-30-21-9-8-19(31(28,29)24-3)12-20(21)27-22-11-18(25-14-26-22)10-16-4-6-17(23)7-5-16/h4-9,11-12,14-15,24H,10,13H2,1-3H3,(H,25,26,27). The van der Waals surface area contributed by atoms with Gasteiger partial charge in [-0.2, -0.15) is 0 Å². The third-order valence-electron chi connectivity index (χ3n) is 4.39. The molecule has 31 heavy (non-hydrogen) atoms. The van der Waals surface area contributed by atoms with E-state index in [1.54, 1.807) is 6.07 Å². The molecule has 0 bridgehead atoms. The Bertz CT molecular complexity index is 1140. The maximum Gasteiger partial charge on any atom is 0.240 e. The molecule has 0 saturated heterocycles. The highest BCUT2D eigenvalue weighted by atomic mass is 35.5. The van der Waals surface area contributed by atoms with Crippen molar-refractivity contribution < 1.29 is 13.2 Å². The summed E-state index contributed by atoms with van der Waals surface area (Å²) < 4.78 is 32.7. The quantitative estimate of drug-likeness (QED) is 0.491. The number of nitrogens with zero attached hydrogens (tertiary/aromatic N) is 2. The second-order valence-corrected chi connectivity index (χ2v) is 9.72. The average molecular weight is 461 g/mol. The highest BCUT2D eigenvalue weighted by Crippen LogP contribution is 2.30. The van der Waals surface area contributed by atoms with Crippen molar-refractivity contribution in [3.63, 3.8) is 0 Å². The third-order valence-corrected chi connectivity index (χ3v) is 6.05. The molecule has 0 saturated carbocycles. The van der Waals surface area contributed by atoms with Crippen LogP contribution in [0.1, 0.15) is 25.1 Å². The number of rotatable bonds is 9. The van der Waals surface area contributed by atoms with Gasteiger partial charge in [-0.1, -0.05) is 37.6 Å². The summed E-state index contributed by atoms with van der Waals surface area (Å²) in [6, 6.07) is 14.1. The number of hydrogen-bond acceptors (Lipinski definition) is 6. The fraction of sp³-hybridized carbons (Fsp3) is 0.273. The molecule has 7 nitrogen and oxygen atoms in total. The Morgan fingerprint density at radius 1 is 1.06 bits per heavy atom. The zero-order valence-corrected chi connectivity index (χ0v) is 19.2. The van der Waals surface area contributed by atoms with Crippen molar-refractivity contribution >= 4 is 33.1 Å². The van der Waals surface area contributed by atoms with E-state index in [-0.39, 0.29) is 4.90 Å². The minimum atomic E-state index is -3.60. The van der Waals surface area contributed by atoms with Crippen LogP contribution in [-0.4, -0.2) is 32.0 Å². The Morgan fingerprint density at radius 2 is 1.81 bits per heavy atom. The number of hydrogen-bond donors (Lipinski definition) is 2. The molecule has 0 radical (unpaired) electrons. The van der Waals surface area contributed by atoms with Gasteiger partial charge in [-0.3, -0.25) is 0 Å². The summed E-state index contributed by atoms with van der Waals surface area (Å²) in [7, 11) is -2.23. The van der Waals surface area contributed by atoms with Crippen LogP contribution in [0, 0.1) is 5.92 Å². The van der Waals surface area contributed by atoms with E-state index in [4.69, 9.17) is 16.3 Å². The summed E-state index contributed by atoms with van der Waals surface area (Å²) in [5.74, 6) is 1.40. The molecular weight excluding hydrogens is 436 g/mol. The van der Waals surface area contributed by atoms with Crippen molar-refractivity contribution in [1.29, 1.82) is 0 Å². The predicted molar refractivity (Wildman–Crippen MR) is 123 cm³/mol. The lowest BCUT2D eigenvalue weighted by Crippen LogP contribution is -2.18. The number of ether oxygens (including phenoxy) is 1. The molecule has 3 rings (SSSR count). The summed E-state index contributed by atoms with van der Waals surface area (Å²) in [6.07, 6.45) is 2.08. The summed E-state index contributed by atoms with van der Waals surface area (Å²) in [4.78, 5) is 8.73. The van der Waals surface area contributed by atoms with E-state index in [9.17, 15) is 8.42 Å². The smallest absolute Gasteiger partial charge is 0.240 e. The first-order valence-corrected chi connectivity index (χ1v) is 11.7. The molecule has 0 fully saturated rings. The monoisotopic (exact) mass is 460 g/mol. The van der Waals surface area contributed by atoms with Crippen LogP contribution in [0.3, 0.4) is 0 Å². The first-order valence-electron chi connectivity index (χ1n) is 9.79. The lowest BCUT2D eigenvalue weighted by molar-refractivity contribution is 0.272. The number of nitrogens with one attached hydrogen (secondary N) is 2. The maximum atomic E-state index is 12.2. The van der Waals surface area contributed by atoms with Crippen LogP contribution in [0.4, 0.5) is 11.5 Å². The van der Waals surface area contributed by atoms with Crippen molar-refractivity contribution in [3.8, 4) is 5.75 Å². The lowest BCUT2D eigenvalue weighted by atomic mass is 10.1. The van der Waals surface area contributed by atoms with Crippen LogP contribution in [0.2, 0.25) is 5.02 Å². The topological polar surface area (TPSA) is 93.2 Å². The highest BCUT2D eigenvalue weighted by Gasteiger charge is 2.16. The van der Waals surface area contributed by atoms with Crippen LogP contribution in [0.5, 0.6) is 5.75 Å². The van der Waals surface area contributed by atoms with Crippen molar-refractivity contribution in [3.05, 3.63) is 71.1 Å². The second-order valence-electron chi connectivity index (χ2n) is 7.39. The molecule has 0 aliphatic heterocycles. The van der Waals surface area contributed by atoms with E-state index in [1.165, 1.54) is 25.5 Å². The van der Waals surface area contributed by atoms with Gasteiger partial charge in [-0.25, -0.2) is 23.1 Å². The molecule has 164 valence electrons. The van der Waals surface area contributed by atoms with Crippen molar-refractivity contribution in [2.75, 3.05) is 19.0 Å². The fourth-order valence-corrected chi connectivity index (χ4v) is 3.67. The molecule has 2 aromatic carbocycles. The van der Waals surface area contributed by atoms with E-state index in [0.29, 0.717) is 41.2 Å². The van der Waals surface area contributed by atoms with Crippen LogP contribution in [-0.2, 0) is 16.4 Å². The minimum absolute atomic E-state index is 0.129. The van der Waals surface area contributed by atoms with Gasteiger partial charge in [-0.15, -0.1) is 0 Å². The number of halogens is 1. The van der Waals surface area contributed by atoms with Crippen molar-refractivity contribution in [2.45, 2.75) is 25.2 Å². The number of anilines is 2. The Balaban J connectivity index is 1.88. The van der Waals surface area contributed by atoms with Gasteiger partial charge in [0.15, 0.2) is 0 Å². The molecule has 0 spiro atoms. The van der Waals surface area contributed by atoms with Gasteiger partial charge in [0.1, 0.15) is 17.9 Å². The number of benzene rings is 2. The Hall–Kier alpha value is -2.68. The first kappa shape index (κ1) is 23.0. The molecule has 0 unspecified atom stereocenters. The van der Waals surface area contributed by atoms with Crippen LogP contribution in [0.25, 0.3) is 0 Å². The molecular formula is C22H25ClN4O3S. The molecule has 9 heteroatoms. The predicted octanol–water partition coefficient (Wildman–Crippen LogP) is 4.41. The summed E-state index contributed by atoms with van der Waals surface area (Å²) in [5, 5.41) is 3.86. The van der Waals surface area contributed by atoms with Gasteiger partial charge in [0.05, 0.1) is 22.9 Å². The molecule has 2 N–H and O–H groups in total. The first-order chi connectivity index (χ1) is 14.8. The maximum absolute atomic E-state index is 12.2. The average Bonchev–Trinajstić information content (AvgIpc) is 2.74. The van der Waals surface area contributed by atoms with Gasteiger partial charge in [0.25, 0.3) is 0 Å². The summed E-state index contributed by atoms with van der Waals surface area (Å²) >= 11 is 5.95. The van der Waals surface area contributed by atoms with Gasteiger partial charge < -0.3 is 10.1 Å². The van der Waals surface area contributed by atoms with Crippen LogP contribution >= 0.6 is 11.6 Å². The molecule has 0 amide bonds. The van der Waals surface area contributed by atoms with E-state index in [0.717, 1.165) is 11.3 Å².